The number of rotatable bonds is 7. The van der Waals surface area contributed by atoms with Crippen molar-refractivity contribution in [3.8, 4) is 5.75 Å². The van der Waals surface area contributed by atoms with Gasteiger partial charge < -0.3 is 19.1 Å². The van der Waals surface area contributed by atoms with Gasteiger partial charge in [0, 0.05) is 31.6 Å². The SMILES string of the molecule is CCOC(=O)N1CCC(CCCOc2ccc(C3=NCCCO3)cc2)CC1. The topological polar surface area (TPSA) is 60.4 Å². The molecule has 1 fully saturated rings. The number of ether oxygens (including phenoxy) is 3. The maximum Gasteiger partial charge on any atom is 0.409 e. The van der Waals surface area contributed by atoms with Crippen LogP contribution in [0.2, 0.25) is 0 Å². The van der Waals surface area contributed by atoms with E-state index in [1.54, 1.807) is 0 Å². The first-order valence-corrected chi connectivity index (χ1v) is 10.1. The molecule has 2 aliphatic rings. The largest absolute Gasteiger partial charge is 0.494 e. The van der Waals surface area contributed by atoms with Crippen LogP contribution in [0.5, 0.6) is 5.75 Å². The van der Waals surface area contributed by atoms with E-state index in [4.69, 9.17) is 14.2 Å². The summed E-state index contributed by atoms with van der Waals surface area (Å²) in [7, 11) is 0. The molecule has 2 aliphatic heterocycles. The highest BCUT2D eigenvalue weighted by atomic mass is 16.6. The van der Waals surface area contributed by atoms with Crippen molar-refractivity contribution in [2.75, 3.05) is 39.5 Å². The standard InChI is InChI=1S/C21H30N2O4/c1-2-25-21(24)23-13-10-17(11-14-23)5-3-15-26-19-8-6-18(7-9-19)20-22-12-4-16-27-20/h6-9,17H,2-5,10-16H2,1H3. The molecule has 6 nitrogen and oxygen atoms in total. The molecule has 0 bridgehead atoms. The number of piperidine rings is 1. The second-order valence-corrected chi connectivity index (χ2v) is 7.03. The maximum absolute atomic E-state index is 11.7. The second-order valence-electron chi connectivity index (χ2n) is 7.03. The first kappa shape index (κ1) is 19.5. The smallest absolute Gasteiger partial charge is 0.409 e. The van der Waals surface area contributed by atoms with Crippen molar-refractivity contribution in [3.63, 3.8) is 0 Å². The lowest BCUT2D eigenvalue weighted by atomic mass is 9.92. The summed E-state index contributed by atoms with van der Waals surface area (Å²) < 4.78 is 16.5. The summed E-state index contributed by atoms with van der Waals surface area (Å²) in [5.41, 5.74) is 1.01. The third-order valence-electron chi connectivity index (χ3n) is 5.06. The second kappa shape index (κ2) is 10.2. The van der Waals surface area contributed by atoms with Gasteiger partial charge in [0.15, 0.2) is 0 Å². The Labute approximate surface area is 161 Å². The summed E-state index contributed by atoms with van der Waals surface area (Å²) in [6.07, 6.45) is 5.09. The minimum Gasteiger partial charge on any atom is -0.494 e. The normalized spacial score (nSPS) is 17.8. The Morgan fingerprint density at radius 2 is 2.04 bits per heavy atom. The first-order chi connectivity index (χ1) is 13.3. The lowest BCUT2D eigenvalue weighted by Crippen LogP contribution is -2.38. The van der Waals surface area contributed by atoms with Crippen LogP contribution in [-0.4, -0.2) is 56.3 Å². The van der Waals surface area contributed by atoms with Crippen LogP contribution in [-0.2, 0) is 9.47 Å². The number of aliphatic imine (C=N–C) groups is 1. The average molecular weight is 374 g/mol. The number of carbonyl (C=O) groups is 1. The van der Waals surface area contributed by atoms with Crippen molar-refractivity contribution >= 4 is 12.0 Å². The van der Waals surface area contributed by atoms with Crippen LogP contribution < -0.4 is 4.74 Å². The van der Waals surface area contributed by atoms with Gasteiger partial charge in [-0.25, -0.2) is 4.79 Å². The molecular weight excluding hydrogens is 344 g/mol. The predicted molar refractivity (Wildman–Crippen MR) is 104 cm³/mol. The molecule has 0 N–H and O–H groups in total. The molecule has 148 valence electrons. The molecule has 3 rings (SSSR count). The quantitative estimate of drug-likeness (QED) is 0.680. The van der Waals surface area contributed by atoms with Crippen LogP contribution in [0, 0.1) is 5.92 Å². The fraction of sp³-hybridized carbons (Fsp3) is 0.619. The summed E-state index contributed by atoms with van der Waals surface area (Å²) in [5.74, 6) is 2.29. The van der Waals surface area contributed by atoms with Gasteiger partial charge in [0.05, 0.1) is 19.8 Å². The number of nitrogens with zero attached hydrogens (tertiary/aromatic N) is 2. The van der Waals surface area contributed by atoms with Gasteiger partial charge in [-0.3, -0.25) is 4.99 Å². The third kappa shape index (κ3) is 5.88. The van der Waals surface area contributed by atoms with E-state index in [9.17, 15) is 4.79 Å². The van der Waals surface area contributed by atoms with Gasteiger partial charge in [0.2, 0.25) is 5.90 Å². The Kier molecular flexibility index (Phi) is 7.36. The van der Waals surface area contributed by atoms with E-state index in [0.29, 0.717) is 12.5 Å². The number of benzene rings is 1. The molecule has 0 saturated carbocycles. The Bertz CT molecular complexity index is 622. The molecule has 0 unspecified atom stereocenters. The summed E-state index contributed by atoms with van der Waals surface area (Å²) >= 11 is 0. The lowest BCUT2D eigenvalue weighted by molar-refractivity contribution is 0.0901. The highest BCUT2D eigenvalue weighted by molar-refractivity contribution is 5.94. The van der Waals surface area contributed by atoms with Gasteiger partial charge in [0.25, 0.3) is 0 Å². The predicted octanol–water partition coefficient (Wildman–Crippen LogP) is 3.88. The zero-order valence-corrected chi connectivity index (χ0v) is 16.2. The van der Waals surface area contributed by atoms with E-state index in [0.717, 1.165) is 82.2 Å². The number of carbonyl (C=O) groups excluding carboxylic acids is 1. The van der Waals surface area contributed by atoms with E-state index >= 15 is 0 Å². The van der Waals surface area contributed by atoms with Crippen molar-refractivity contribution in [2.45, 2.75) is 39.0 Å². The number of hydrogen-bond acceptors (Lipinski definition) is 5. The molecule has 0 aliphatic carbocycles. The summed E-state index contributed by atoms with van der Waals surface area (Å²) in [4.78, 5) is 17.9. The Morgan fingerprint density at radius 1 is 1.26 bits per heavy atom. The molecule has 1 aromatic rings. The molecule has 0 atom stereocenters. The van der Waals surface area contributed by atoms with E-state index < -0.39 is 0 Å². The Balaban J connectivity index is 1.32. The van der Waals surface area contributed by atoms with Crippen molar-refractivity contribution in [1.82, 2.24) is 4.90 Å². The molecule has 0 spiro atoms. The molecule has 6 heteroatoms. The van der Waals surface area contributed by atoms with E-state index in [2.05, 4.69) is 4.99 Å². The van der Waals surface area contributed by atoms with Crippen LogP contribution in [0.4, 0.5) is 4.79 Å². The minimum absolute atomic E-state index is 0.174. The summed E-state index contributed by atoms with van der Waals surface area (Å²) in [5, 5.41) is 0. The lowest BCUT2D eigenvalue weighted by Gasteiger charge is -2.31. The first-order valence-electron chi connectivity index (χ1n) is 10.1. The molecule has 2 heterocycles. The van der Waals surface area contributed by atoms with Crippen LogP contribution in [0.25, 0.3) is 0 Å². The Morgan fingerprint density at radius 3 is 2.70 bits per heavy atom. The number of hydrogen-bond donors (Lipinski definition) is 0. The van der Waals surface area contributed by atoms with E-state index in [-0.39, 0.29) is 6.09 Å². The summed E-state index contributed by atoms with van der Waals surface area (Å²) in [6, 6.07) is 7.97. The highest BCUT2D eigenvalue weighted by Crippen LogP contribution is 2.23. The van der Waals surface area contributed by atoms with Crippen molar-refractivity contribution in [3.05, 3.63) is 29.8 Å². The molecule has 1 saturated heterocycles. The maximum atomic E-state index is 11.7. The van der Waals surface area contributed by atoms with E-state index in [1.165, 1.54) is 0 Å². The zero-order valence-electron chi connectivity index (χ0n) is 16.2. The van der Waals surface area contributed by atoms with Gasteiger partial charge in [-0.15, -0.1) is 0 Å². The number of likely N-dealkylation sites (tertiary alicyclic amines) is 1. The van der Waals surface area contributed by atoms with Crippen LogP contribution >= 0.6 is 0 Å². The molecular formula is C21H30N2O4. The van der Waals surface area contributed by atoms with Gasteiger partial charge >= 0.3 is 6.09 Å². The molecule has 1 aromatic carbocycles. The molecule has 27 heavy (non-hydrogen) atoms. The molecule has 0 radical (unpaired) electrons. The minimum atomic E-state index is -0.174. The highest BCUT2D eigenvalue weighted by Gasteiger charge is 2.23. The van der Waals surface area contributed by atoms with Crippen molar-refractivity contribution in [2.24, 2.45) is 10.9 Å². The van der Waals surface area contributed by atoms with Gasteiger partial charge in [-0.1, -0.05) is 0 Å². The van der Waals surface area contributed by atoms with Gasteiger partial charge in [-0.05, 0) is 62.8 Å². The van der Waals surface area contributed by atoms with Crippen molar-refractivity contribution in [1.29, 1.82) is 0 Å². The number of amides is 1. The third-order valence-corrected chi connectivity index (χ3v) is 5.06. The Hall–Kier alpha value is -2.24. The summed E-state index contributed by atoms with van der Waals surface area (Å²) in [6.45, 7) is 6.20. The van der Waals surface area contributed by atoms with Crippen molar-refractivity contribution < 1.29 is 19.0 Å². The molecule has 0 aromatic heterocycles. The average Bonchev–Trinajstić information content (AvgIpc) is 2.73. The van der Waals surface area contributed by atoms with Gasteiger partial charge in [-0.2, -0.15) is 0 Å². The van der Waals surface area contributed by atoms with Crippen LogP contribution in [0.1, 0.15) is 44.6 Å². The van der Waals surface area contributed by atoms with Gasteiger partial charge in [0.1, 0.15) is 5.75 Å². The fourth-order valence-corrected chi connectivity index (χ4v) is 3.51. The fourth-order valence-electron chi connectivity index (χ4n) is 3.51. The van der Waals surface area contributed by atoms with Crippen LogP contribution in [0.15, 0.2) is 29.3 Å². The monoisotopic (exact) mass is 374 g/mol. The molecule has 1 amide bonds. The van der Waals surface area contributed by atoms with Crippen LogP contribution in [0.3, 0.4) is 0 Å². The van der Waals surface area contributed by atoms with E-state index in [1.807, 2.05) is 36.1 Å². The zero-order chi connectivity index (χ0) is 18.9.